The lowest BCUT2D eigenvalue weighted by molar-refractivity contribution is -0.0212. The van der Waals surface area contributed by atoms with Crippen molar-refractivity contribution in [3.05, 3.63) is 65.2 Å². The molecule has 2 aromatic carbocycles. The van der Waals surface area contributed by atoms with Crippen LogP contribution >= 0.6 is 0 Å². The van der Waals surface area contributed by atoms with Crippen LogP contribution < -0.4 is 5.32 Å². The summed E-state index contributed by atoms with van der Waals surface area (Å²) in [6.45, 7) is 8.47. The summed E-state index contributed by atoms with van der Waals surface area (Å²) >= 11 is 0. The summed E-state index contributed by atoms with van der Waals surface area (Å²) in [5.74, 6) is -0.220. The van der Waals surface area contributed by atoms with E-state index in [-0.39, 0.29) is 22.9 Å². The summed E-state index contributed by atoms with van der Waals surface area (Å²) in [7, 11) is -3.54. The lowest BCUT2D eigenvalue weighted by Gasteiger charge is -2.32. The molecule has 0 bridgehead atoms. The Hall–Kier alpha value is -2.26. The van der Waals surface area contributed by atoms with Gasteiger partial charge in [0, 0.05) is 44.3 Å². The molecule has 2 aromatic rings. The topological polar surface area (TPSA) is 79.0 Å². The number of carbonyl (C=O) groups is 1. The minimum Gasteiger partial charge on any atom is -0.376 e. The zero-order valence-electron chi connectivity index (χ0n) is 20.1. The number of nitrogens with one attached hydrogen (secondary N) is 1. The number of carbonyl (C=O) groups excluding carboxylic acids is 1. The van der Waals surface area contributed by atoms with Crippen molar-refractivity contribution in [3.8, 4) is 0 Å². The van der Waals surface area contributed by atoms with Crippen LogP contribution in [0.2, 0.25) is 0 Å². The fourth-order valence-corrected chi connectivity index (χ4v) is 6.46. The molecule has 2 saturated heterocycles. The van der Waals surface area contributed by atoms with Gasteiger partial charge in [0.05, 0.1) is 17.6 Å². The van der Waals surface area contributed by atoms with Crippen molar-refractivity contribution >= 4 is 15.9 Å². The molecule has 2 heterocycles. The first-order valence-electron chi connectivity index (χ1n) is 12.1. The molecular weight excluding hydrogens is 450 g/mol. The minimum atomic E-state index is -3.54. The number of amides is 1. The Morgan fingerprint density at radius 1 is 1.06 bits per heavy atom. The highest BCUT2D eigenvalue weighted by Crippen LogP contribution is 2.25. The number of benzene rings is 2. The number of rotatable bonds is 7. The maximum Gasteiger partial charge on any atom is 0.251 e. The van der Waals surface area contributed by atoms with Crippen molar-refractivity contribution in [2.45, 2.75) is 63.2 Å². The van der Waals surface area contributed by atoms with E-state index in [0.717, 1.165) is 51.1 Å². The number of hydrogen-bond donors (Lipinski definition) is 1. The fraction of sp³-hybridized carbons (Fsp3) is 0.500. The third kappa shape index (κ3) is 6.05. The number of sulfonamides is 1. The van der Waals surface area contributed by atoms with Gasteiger partial charge in [-0.2, -0.15) is 4.31 Å². The number of piperidine rings is 1. The van der Waals surface area contributed by atoms with Crippen LogP contribution in [0.4, 0.5) is 0 Å². The van der Waals surface area contributed by atoms with Gasteiger partial charge in [0.25, 0.3) is 5.91 Å². The van der Waals surface area contributed by atoms with Gasteiger partial charge in [-0.05, 0) is 62.1 Å². The van der Waals surface area contributed by atoms with E-state index in [0.29, 0.717) is 18.7 Å². The molecule has 0 saturated carbocycles. The van der Waals surface area contributed by atoms with Crippen LogP contribution in [0.1, 0.15) is 54.6 Å². The van der Waals surface area contributed by atoms with E-state index in [1.807, 2.05) is 19.1 Å². The molecule has 0 spiro atoms. The third-order valence-corrected chi connectivity index (χ3v) is 8.67. The average Bonchev–Trinajstić information content (AvgIpc) is 2.83. The lowest BCUT2D eigenvalue weighted by atomic mass is 10.1. The maximum absolute atomic E-state index is 13.0. The molecule has 8 heteroatoms. The average molecular weight is 486 g/mol. The van der Waals surface area contributed by atoms with Gasteiger partial charge in [-0.1, -0.05) is 30.7 Å². The molecule has 1 amide bonds. The van der Waals surface area contributed by atoms with E-state index in [2.05, 4.69) is 29.3 Å². The third-order valence-electron chi connectivity index (χ3n) is 6.64. The maximum atomic E-state index is 13.0. The Kier molecular flexibility index (Phi) is 8.03. The van der Waals surface area contributed by atoms with Crippen LogP contribution in [-0.2, 0) is 27.8 Å². The largest absolute Gasteiger partial charge is 0.376 e. The quantitative estimate of drug-likeness (QED) is 0.650. The normalized spacial score (nSPS) is 22.4. The summed E-state index contributed by atoms with van der Waals surface area (Å²) in [4.78, 5) is 15.3. The van der Waals surface area contributed by atoms with Crippen molar-refractivity contribution in [3.63, 3.8) is 0 Å². The fourth-order valence-electron chi connectivity index (χ4n) is 4.76. The first-order chi connectivity index (χ1) is 16.3. The van der Waals surface area contributed by atoms with Gasteiger partial charge in [0.2, 0.25) is 10.0 Å². The molecule has 2 fully saturated rings. The summed E-state index contributed by atoms with van der Waals surface area (Å²) < 4.78 is 33.2. The van der Waals surface area contributed by atoms with Gasteiger partial charge in [0.1, 0.15) is 0 Å². The Bertz CT molecular complexity index is 1090. The van der Waals surface area contributed by atoms with Crippen LogP contribution in [0.3, 0.4) is 0 Å². The van der Waals surface area contributed by atoms with Crippen LogP contribution in [-0.4, -0.2) is 61.9 Å². The second kappa shape index (κ2) is 11.0. The Morgan fingerprint density at radius 2 is 1.82 bits per heavy atom. The molecule has 2 unspecified atom stereocenters. The van der Waals surface area contributed by atoms with E-state index in [9.17, 15) is 13.2 Å². The molecule has 0 radical (unpaired) electrons. The number of morpholine rings is 1. The molecular formula is C26H35N3O4S. The molecule has 0 aromatic heterocycles. The first kappa shape index (κ1) is 24.9. The van der Waals surface area contributed by atoms with E-state index in [1.165, 1.54) is 17.7 Å². The molecule has 4 rings (SSSR count). The van der Waals surface area contributed by atoms with Gasteiger partial charge in [-0.25, -0.2) is 8.42 Å². The van der Waals surface area contributed by atoms with E-state index < -0.39 is 10.0 Å². The van der Waals surface area contributed by atoms with Crippen LogP contribution in [0, 0.1) is 0 Å². The Balaban J connectivity index is 1.34. The highest BCUT2D eigenvalue weighted by molar-refractivity contribution is 7.89. The van der Waals surface area contributed by atoms with E-state index in [1.54, 1.807) is 16.4 Å². The SMILES string of the molecule is CC1CN(Cc2cccc(CNC(=O)c3ccc(S(=O)(=O)N4CCCCC4C)cc3)c2)CCO1. The van der Waals surface area contributed by atoms with Crippen molar-refractivity contribution in [1.29, 1.82) is 0 Å². The summed E-state index contributed by atoms with van der Waals surface area (Å²) in [6, 6.07) is 14.5. The zero-order valence-corrected chi connectivity index (χ0v) is 20.9. The molecule has 0 aliphatic carbocycles. The summed E-state index contributed by atoms with van der Waals surface area (Å²) in [6.07, 6.45) is 3.08. The van der Waals surface area contributed by atoms with Crippen LogP contribution in [0.25, 0.3) is 0 Å². The van der Waals surface area contributed by atoms with Crippen LogP contribution in [0.5, 0.6) is 0 Å². The highest BCUT2D eigenvalue weighted by Gasteiger charge is 2.30. The second-order valence-electron chi connectivity index (χ2n) is 9.40. The van der Waals surface area contributed by atoms with Crippen molar-refractivity contribution in [1.82, 2.24) is 14.5 Å². The van der Waals surface area contributed by atoms with Gasteiger partial charge in [-0.3, -0.25) is 9.69 Å². The number of ether oxygens (including phenoxy) is 1. The predicted molar refractivity (Wildman–Crippen MR) is 132 cm³/mol. The Labute approximate surface area is 203 Å². The van der Waals surface area contributed by atoms with Gasteiger partial charge >= 0.3 is 0 Å². The van der Waals surface area contributed by atoms with Crippen molar-refractivity contribution < 1.29 is 17.9 Å². The molecule has 2 aliphatic heterocycles. The minimum absolute atomic E-state index is 0.00383. The van der Waals surface area contributed by atoms with Gasteiger partial charge < -0.3 is 10.1 Å². The summed E-state index contributed by atoms with van der Waals surface area (Å²) in [5, 5.41) is 2.95. The summed E-state index contributed by atoms with van der Waals surface area (Å²) in [5.41, 5.74) is 2.69. The van der Waals surface area contributed by atoms with Crippen LogP contribution in [0.15, 0.2) is 53.4 Å². The monoisotopic (exact) mass is 485 g/mol. The number of nitrogens with zero attached hydrogens (tertiary/aromatic N) is 2. The molecule has 2 aliphatic rings. The predicted octanol–water partition coefficient (Wildman–Crippen LogP) is 3.40. The van der Waals surface area contributed by atoms with E-state index in [4.69, 9.17) is 4.74 Å². The van der Waals surface area contributed by atoms with E-state index >= 15 is 0 Å². The smallest absolute Gasteiger partial charge is 0.251 e. The lowest BCUT2D eigenvalue weighted by Crippen LogP contribution is -2.41. The second-order valence-corrected chi connectivity index (χ2v) is 11.3. The van der Waals surface area contributed by atoms with Gasteiger partial charge in [-0.15, -0.1) is 0 Å². The standard InChI is InChI=1S/C26H35N3O4S/c1-20-6-3-4-13-29(20)34(31,32)25-11-9-24(10-12-25)26(30)27-17-22-7-5-8-23(16-22)19-28-14-15-33-21(2)18-28/h5,7-12,16,20-21H,3-4,6,13-15,17-19H2,1-2H3,(H,27,30). The molecule has 2 atom stereocenters. The molecule has 7 nitrogen and oxygen atoms in total. The zero-order chi connectivity index (χ0) is 24.1. The van der Waals surface area contributed by atoms with Gasteiger partial charge in [0.15, 0.2) is 0 Å². The molecule has 34 heavy (non-hydrogen) atoms. The number of hydrogen-bond acceptors (Lipinski definition) is 5. The van der Waals surface area contributed by atoms with Crippen molar-refractivity contribution in [2.75, 3.05) is 26.2 Å². The Morgan fingerprint density at radius 3 is 2.56 bits per heavy atom. The first-order valence-corrected chi connectivity index (χ1v) is 13.6. The molecule has 1 N–H and O–H groups in total. The van der Waals surface area contributed by atoms with Crippen molar-refractivity contribution in [2.24, 2.45) is 0 Å². The highest BCUT2D eigenvalue weighted by atomic mass is 32.2. The molecule has 184 valence electrons.